The first kappa shape index (κ1) is 19.8. The van der Waals surface area contributed by atoms with E-state index in [0.29, 0.717) is 19.1 Å². The maximum Gasteiger partial charge on any atom is 0.238 e. The van der Waals surface area contributed by atoms with Crippen LogP contribution < -0.4 is 5.32 Å². The largest absolute Gasteiger partial charge is 0.339 e. The average molecular weight is 373 g/mol. The zero-order valence-electron chi connectivity index (χ0n) is 16.6. The lowest BCUT2D eigenvalue weighted by Crippen LogP contribution is -2.53. The minimum absolute atomic E-state index is 0.0190. The Morgan fingerprint density at radius 3 is 2.22 bits per heavy atom. The number of piperazine rings is 1. The van der Waals surface area contributed by atoms with E-state index in [0.717, 1.165) is 51.3 Å². The van der Waals surface area contributed by atoms with Crippen LogP contribution in [0.15, 0.2) is 24.3 Å². The molecule has 6 nitrogen and oxygen atoms in total. The topological polar surface area (TPSA) is 55.9 Å². The van der Waals surface area contributed by atoms with E-state index in [9.17, 15) is 9.59 Å². The van der Waals surface area contributed by atoms with E-state index in [1.165, 1.54) is 12.0 Å². The number of amides is 2. The summed E-state index contributed by atoms with van der Waals surface area (Å²) in [7, 11) is 0. The second-order valence-electron chi connectivity index (χ2n) is 7.90. The van der Waals surface area contributed by atoms with Gasteiger partial charge in [-0.2, -0.15) is 0 Å². The lowest BCUT2D eigenvalue weighted by Gasteiger charge is -2.37. The molecule has 3 rings (SSSR count). The van der Waals surface area contributed by atoms with Crippen LogP contribution in [0, 0.1) is 6.92 Å². The molecule has 2 saturated heterocycles. The fourth-order valence-electron chi connectivity index (χ4n) is 3.90. The van der Waals surface area contributed by atoms with Crippen LogP contribution in [0.25, 0.3) is 0 Å². The highest BCUT2D eigenvalue weighted by Crippen LogP contribution is 2.17. The number of likely N-dealkylation sites (tertiary alicyclic amines) is 1. The first-order chi connectivity index (χ1) is 13.0. The van der Waals surface area contributed by atoms with Crippen molar-refractivity contribution < 1.29 is 9.59 Å². The van der Waals surface area contributed by atoms with Crippen LogP contribution in [0.5, 0.6) is 0 Å². The summed E-state index contributed by atoms with van der Waals surface area (Å²) in [5, 5.41) is 2.95. The van der Waals surface area contributed by atoms with Crippen molar-refractivity contribution in [3.8, 4) is 0 Å². The average Bonchev–Trinajstić information content (AvgIpc) is 2.65. The Bertz CT molecular complexity index is 638. The summed E-state index contributed by atoms with van der Waals surface area (Å²) in [5.74, 6) is 0.276. The minimum atomic E-state index is 0.0190. The van der Waals surface area contributed by atoms with Gasteiger partial charge in [-0.1, -0.05) is 17.7 Å². The molecule has 2 aliphatic heterocycles. The molecule has 0 spiro atoms. The van der Waals surface area contributed by atoms with Crippen molar-refractivity contribution in [3.63, 3.8) is 0 Å². The van der Waals surface area contributed by atoms with Gasteiger partial charge in [0.15, 0.2) is 0 Å². The van der Waals surface area contributed by atoms with Crippen LogP contribution in [0.2, 0.25) is 0 Å². The van der Waals surface area contributed by atoms with Gasteiger partial charge in [0.2, 0.25) is 11.8 Å². The quantitative estimate of drug-likeness (QED) is 0.858. The Balaban J connectivity index is 1.38. The third kappa shape index (κ3) is 5.78. The third-order valence-corrected chi connectivity index (χ3v) is 5.65. The number of hydrogen-bond acceptors (Lipinski definition) is 4. The normalized spacial score (nSPS) is 21.9. The highest BCUT2D eigenvalue weighted by molar-refractivity contribution is 5.92. The number of piperidine rings is 1. The van der Waals surface area contributed by atoms with Gasteiger partial charge in [0.05, 0.1) is 13.1 Å². The first-order valence-electron chi connectivity index (χ1n) is 10.1. The van der Waals surface area contributed by atoms with Gasteiger partial charge in [0, 0.05) is 44.5 Å². The predicted molar refractivity (Wildman–Crippen MR) is 108 cm³/mol. The molecular weight excluding hydrogens is 340 g/mol. The van der Waals surface area contributed by atoms with Gasteiger partial charge >= 0.3 is 0 Å². The Morgan fingerprint density at radius 1 is 0.963 bits per heavy atom. The number of benzene rings is 1. The van der Waals surface area contributed by atoms with Crippen LogP contribution in [-0.4, -0.2) is 78.4 Å². The van der Waals surface area contributed by atoms with Crippen molar-refractivity contribution in [2.45, 2.75) is 39.2 Å². The molecule has 2 aliphatic rings. The summed E-state index contributed by atoms with van der Waals surface area (Å²) >= 11 is 0. The molecule has 1 atom stereocenters. The highest BCUT2D eigenvalue weighted by atomic mass is 16.2. The van der Waals surface area contributed by atoms with Gasteiger partial charge < -0.3 is 10.2 Å². The molecule has 0 aliphatic carbocycles. The van der Waals surface area contributed by atoms with Crippen molar-refractivity contribution in [2.24, 2.45) is 0 Å². The molecule has 0 bridgehead atoms. The van der Waals surface area contributed by atoms with E-state index in [-0.39, 0.29) is 11.8 Å². The Labute approximate surface area is 162 Å². The second kappa shape index (κ2) is 9.33. The highest BCUT2D eigenvalue weighted by Gasteiger charge is 2.26. The molecule has 1 aromatic carbocycles. The van der Waals surface area contributed by atoms with E-state index in [4.69, 9.17) is 0 Å². The third-order valence-electron chi connectivity index (χ3n) is 5.65. The van der Waals surface area contributed by atoms with Crippen molar-refractivity contribution in [1.82, 2.24) is 14.7 Å². The molecular formula is C21H32N4O2. The van der Waals surface area contributed by atoms with Crippen LogP contribution in [0.4, 0.5) is 5.69 Å². The Kier molecular flexibility index (Phi) is 6.85. The zero-order valence-corrected chi connectivity index (χ0v) is 16.6. The monoisotopic (exact) mass is 372 g/mol. The molecule has 0 radical (unpaired) electrons. The molecule has 1 N–H and O–H groups in total. The van der Waals surface area contributed by atoms with Crippen molar-refractivity contribution in [3.05, 3.63) is 29.8 Å². The van der Waals surface area contributed by atoms with Crippen LogP contribution in [0.1, 0.15) is 31.7 Å². The number of aryl methyl sites for hydroxylation is 1. The number of carbonyl (C=O) groups excluding carboxylic acids is 2. The molecule has 27 heavy (non-hydrogen) atoms. The smallest absolute Gasteiger partial charge is 0.238 e. The maximum atomic E-state index is 12.6. The van der Waals surface area contributed by atoms with Gasteiger partial charge in [0.25, 0.3) is 0 Å². The van der Waals surface area contributed by atoms with Crippen LogP contribution in [-0.2, 0) is 9.59 Å². The number of rotatable bonds is 5. The van der Waals surface area contributed by atoms with Gasteiger partial charge in [-0.05, 0) is 45.2 Å². The first-order valence-corrected chi connectivity index (χ1v) is 10.1. The summed E-state index contributed by atoms with van der Waals surface area (Å²) in [6.07, 6.45) is 3.48. The summed E-state index contributed by atoms with van der Waals surface area (Å²) in [6, 6.07) is 8.22. The lowest BCUT2D eigenvalue weighted by atomic mass is 10.0. The van der Waals surface area contributed by atoms with Crippen molar-refractivity contribution in [2.75, 3.05) is 51.1 Å². The van der Waals surface area contributed by atoms with Gasteiger partial charge in [-0.25, -0.2) is 0 Å². The number of nitrogens with one attached hydrogen (secondary N) is 1. The standard InChI is InChI=1S/C21H32N4O2/c1-17-6-8-19(9-7-17)22-20(26)15-23-11-13-24(14-12-23)16-21(27)25-10-4-3-5-18(25)2/h6-9,18H,3-5,10-16H2,1-2H3,(H,22,26)/t18-/m1/s1. The van der Waals surface area contributed by atoms with Gasteiger partial charge in [0.1, 0.15) is 0 Å². The Hall–Kier alpha value is -1.92. The molecule has 0 unspecified atom stereocenters. The molecule has 148 valence electrons. The molecule has 0 aromatic heterocycles. The molecule has 2 fully saturated rings. The summed E-state index contributed by atoms with van der Waals surface area (Å²) in [4.78, 5) is 31.2. The number of hydrogen-bond donors (Lipinski definition) is 1. The summed E-state index contributed by atoms with van der Waals surface area (Å²) in [6.45, 7) is 9.32. The molecule has 2 amide bonds. The maximum absolute atomic E-state index is 12.6. The number of nitrogens with zero attached hydrogens (tertiary/aromatic N) is 3. The van der Waals surface area contributed by atoms with Gasteiger partial charge in [-0.15, -0.1) is 0 Å². The number of carbonyl (C=O) groups is 2. The van der Waals surface area contributed by atoms with E-state index in [1.807, 2.05) is 36.1 Å². The van der Waals surface area contributed by atoms with Crippen molar-refractivity contribution >= 4 is 17.5 Å². The Morgan fingerprint density at radius 2 is 1.59 bits per heavy atom. The van der Waals surface area contributed by atoms with E-state index < -0.39 is 0 Å². The molecule has 0 saturated carbocycles. The fourth-order valence-corrected chi connectivity index (χ4v) is 3.90. The minimum Gasteiger partial charge on any atom is -0.339 e. The molecule has 2 heterocycles. The van der Waals surface area contributed by atoms with E-state index in [2.05, 4.69) is 22.0 Å². The number of anilines is 1. The van der Waals surface area contributed by atoms with Crippen LogP contribution in [0.3, 0.4) is 0 Å². The zero-order chi connectivity index (χ0) is 19.2. The predicted octanol–water partition coefficient (Wildman–Crippen LogP) is 1.95. The van der Waals surface area contributed by atoms with E-state index >= 15 is 0 Å². The fraction of sp³-hybridized carbons (Fsp3) is 0.619. The summed E-state index contributed by atoms with van der Waals surface area (Å²) in [5.41, 5.74) is 2.02. The van der Waals surface area contributed by atoms with Crippen molar-refractivity contribution in [1.29, 1.82) is 0 Å². The van der Waals surface area contributed by atoms with Crippen LogP contribution >= 0.6 is 0 Å². The SMILES string of the molecule is Cc1ccc(NC(=O)CN2CCN(CC(=O)N3CCCC[C@H]3C)CC2)cc1. The molecule has 1 aromatic rings. The lowest BCUT2D eigenvalue weighted by molar-refractivity contribution is -0.136. The van der Waals surface area contributed by atoms with Gasteiger partial charge in [-0.3, -0.25) is 19.4 Å². The molecule has 6 heteroatoms. The van der Waals surface area contributed by atoms with E-state index in [1.54, 1.807) is 0 Å². The second-order valence-corrected chi connectivity index (χ2v) is 7.90. The summed E-state index contributed by atoms with van der Waals surface area (Å²) < 4.78 is 0.